The lowest BCUT2D eigenvalue weighted by atomic mass is 10.2. The SMILES string of the molecule is CN(Cc1ccccc1)Cn1nc(-c2ccco2)n(-c2ccccc2)c1=S. The van der Waals surface area contributed by atoms with Crippen LogP contribution in [0, 0.1) is 4.77 Å². The van der Waals surface area contributed by atoms with Crippen LogP contribution in [0.2, 0.25) is 0 Å². The van der Waals surface area contributed by atoms with Gasteiger partial charge in [0.05, 0.1) is 18.6 Å². The molecule has 0 bridgehead atoms. The van der Waals surface area contributed by atoms with Gasteiger partial charge >= 0.3 is 0 Å². The zero-order valence-corrected chi connectivity index (χ0v) is 15.8. The van der Waals surface area contributed by atoms with Crippen LogP contribution in [-0.2, 0) is 13.2 Å². The number of hydrogen-bond acceptors (Lipinski definition) is 4. The van der Waals surface area contributed by atoms with Gasteiger partial charge in [-0.3, -0.25) is 9.47 Å². The first-order valence-corrected chi connectivity index (χ1v) is 9.15. The van der Waals surface area contributed by atoms with Gasteiger partial charge in [0.25, 0.3) is 0 Å². The number of hydrogen-bond donors (Lipinski definition) is 0. The van der Waals surface area contributed by atoms with Crippen LogP contribution in [0.3, 0.4) is 0 Å². The van der Waals surface area contributed by atoms with E-state index in [9.17, 15) is 0 Å². The first kappa shape index (κ1) is 17.5. The van der Waals surface area contributed by atoms with E-state index in [4.69, 9.17) is 21.7 Å². The van der Waals surface area contributed by atoms with Crippen LogP contribution in [0.5, 0.6) is 0 Å². The minimum Gasteiger partial charge on any atom is -0.461 e. The van der Waals surface area contributed by atoms with E-state index < -0.39 is 0 Å². The Morgan fingerprint density at radius 3 is 2.33 bits per heavy atom. The van der Waals surface area contributed by atoms with E-state index in [0.717, 1.165) is 12.2 Å². The van der Waals surface area contributed by atoms with E-state index in [1.807, 2.05) is 69.9 Å². The molecule has 0 spiro atoms. The maximum atomic E-state index is 5.75. The fraction of sp³-hybridized carbons (Fsp3) is 0.143. The molecule has 0 aliphatic rings. The molecule has 0 N–H and O–H groups in total. The molecule has 0 fully saturated rings. The Balaban J connectivity index is 1.69. The molecule has 0 saturated heterocycles. The standard InChI is InChI=1S/C21H20N4OS/c1-23(15-17-9-4-2-5-10-17)16-24-21(27)25(18-11-6-3-7-12-18)20(22-24)19-13-8-14-26-19/h2-14H,15-16H2,1H3. The van der Waals surface area contributed by atoms with Crippen molar-refractivity contribution >= 4 is 12.2 Å². The van der Waals surface area contributed by atoms with Crippen LogP contribution in [0.1, 0.15) is 5.56 Å². The second-order valence-electron chi connectivity index (χ2n) is 6.40. The predicted molar refractivity (Wildman–Crippen MR) is 108 cm³/mol. The quantitative estimate of drug-likeness (QED) is 0.455. The molecule has 0 aliphatic carbocycles. The molecular formula is C21H20N4OS. The molecule has 4 aromatic rings. The van der Waals surface area contributed by atoms with Gasteiger partial charge in [0, 0.05) is 6.54 Å². The summed E-state index contributed by atoms with van der Waals surface area (Å²) in [6, 6.07) is 24.1. The zero-order chi connectivity index (χ0) is 18.6. The Morgan fingerprint density at radius 1 is 0.963 bits per heavy atom. The smallest absolute Gasteiger partial charge is 0.204 e. The van der Waals surface area contributed by atoms with Crippen molar-refractivity contribution in [3.63, 3.8) is 0 Å². The first-order chi connectivity index (χ1) is 13.2. The van der Waals surface area contributed by atoms with Crippen molar-refractivity contribution in [2.24, 2.45) is 0 Å². The van der Waals surface area contributed by atoms with E-state index in [1.54, 1.807) is 6.26 Å². The Bertz CT molecular complexity index is 1050. The predicted octanol–water partition coefficient (Wildman–Crippen LogP) is 4.75. The van der Waals surface area contributed by atoms with E-state index in [-0.39, 0.29) is 0 Å². The van der Waals surface area contributed by atoms with Crippen molar-refractivity contribution in [1.82, 2.24) is 19.2 Å². The van der Waals surface area contributed by atoms with Crippen molar-refractivity contribution in [3.8, 4) is 17.3 Å². The van der Waals surface area contributed by atoms with Gasteiger partial charge in [-0.2, -0.15) is 0 Å². The second-order valence-corrected chi connectivity index (χ2v) is 6.76. The molecule has 2 heterocycles. The Labute approximate surface area is 163 Å². The molecule has 5 nitrogen and oxygen atoms in total. The second kappa shape index (κ2) is 7.73. The Morgan fingerprint density at radius 2 is 1.67 bits per heavy atom. The van der Waals surface area contributed by atoms with E-state index in [0.29, 0.717) is 23.0 Å². The van der Waals surface area contributed by atoms with Crippen molar-refractivity contribution in [2.75, 3.05) is 7.05 Å². The van der Waals surface area contributed by atoms with Crippen molar-refractivity contribution in [3.05, 3.63) is 89.4 Å². The van der Waals surface area contributed by atoms with Crippen LogP contribution in [0.25, 0.3) is 17.3 Å². The maximum Gasteiger partial charge on any atom is 0.204 e. The largest absolute Gasteiger partial charge is 0.461 e. The maximum absolute atomic E-state index is 5.75. The van der Waals surface area contributed by atoms with Gasteiger partial charge in [0.2, 0.25) is 10.6 Å². The highest BCUT2D eigenvalue weighted by Gasteiger charge is 2.17. The average Bonchev–Trinajstić information content (AvgIpc) is 3.32. The number of nitrogens with zero attached hydrogens (tertiary/aromatic N) is 4. The summed E-state index contributed by atoms with van der Waals surface area (Å²) in [5, 5.41) is 4.75. The lowest BCUT2D eigenvalue weighted by molar-refractivity contribution is 0.244. The summed E-state index contributed by atoms with van der Waals surface area (Å²) in [7, 11) is 2.06. The third-order valence-corrected chi connectivity index (χ3v) is 4.66. The van der Waals surface area contributed by atoms with Crippen LogP contribution in [0.15, 0.2) is 83.5 Å². The highest BCUT2D eigenvalue weighted by Crippen LogP contribution is 2.23. The third kappa shape index (κ3) is 3.77. The summed E-state index contributed by atoms with van der Waals surface area (Å²) in [6.45, 7) is 1.40. The Hall–Kier alpha value is -2.96. The minimum absolute atomic E-state index is 0.585. The lowest BCUT2D eigenvalue weighted by Gasteiger charge is -2.16. The number of rotatable bonds is 6. The topological polar surface area (TPSA) is 39.1 Å². The Kier molecular flexibility index (Phi) is 5.00. The van der Waals surface area contributed by atoms with Gasteiger partial charge in [-0.1, -0.05) is 48.5 Å². The number of furan rings is 1. The molecule has 2 aromatic heterocycles. The average molecular weight is 376 g/mol. The molecule has 2 aromatic carbocycles. The number of benzene rings is 2. The van der Waals surface area contributed by atoms with Crippen molar-refractivity contribution < 1.29 is 4.42 Å². The van der Waals surface area contributed by atoms with E-state index in [1.165, 1.54) is 5.56 Å². The molecule has 6 heteroatoms. The molecule has 0 aliphatic heterocycles. The van der Waals surface area contributed by atoms with Gasteiger partial charge in [0.1, 0.15) is 0 Å². The highest BCUT2D eigenvalue weighted by atomic mass is 32.1. The van der Waals surface area contributed by atoms with Crippen LogP contribution in [0.4, 0.5) is 0 Å². The van der Waals surface area contributed by atoms with Crippen molar-refractivity contribution in [1.29, 1.82) is 0 Å². The molecule has 0 amide bonds. The normalized spacial score (nSPS) is 11.2. The first-order valence-electron chi connectivity index (χ1n) is 8.74. The third-order valence-electron chi connectivity index (χ3n) is 4.27. The number of aromatic nitrogens is 3. The molecule has 0 atom stereocenters. The molecular weight excluding hydrogens is 356 g/mol. The monoisotopic (exact) mass is 376 g/mol. The summed E-state index contributed by atoms with van der Waals surface area (Å²) >= 11 is 5.75. The van der Waals surface area contributed by atoms with Crippen molar-refractivity contribution in [2.45, 2.75) is 13.2 Å². The number of para-hydroxylation sites is 1. The molecule has 4 rings (SSSR count). The lowest BCUT2D eigenvalue weighted by Crippen LogP contribution is -2.22. The fourth-order valence-corrected chi connectivity index (χ4v) is 3.34. The van der Waals surface area contributed by atoms with E-state index >= 15 is 0 Å². The zero-order valence-electron chi connectivity index (χ0n) is 15.0. The molecule has 0 radical (unpaired) electrons. The minimum atomic E-state index is 0.585. The van der Waals surface area contributed by atoms with Gasteiger partial charge in [-0.25, -0.2) is 4.68 Å². The molecule has 136 valence electrons. The van der Waals surface area contributed by atoms with Crippen LogP contribution in [-0.4, -0.2) is 26.3 Å². The van der Waals surface area contributed by atoms with Gasteiger partial charge in [0.15, 0.2) is 5.76 Å². The highest BCUT2D eigenvalue weighted by molar-refractivity contribution is 7.71. The van der Waals surface area contributed by atoms with Crippen LogP contribution >= 0.6 is 12.2 Å². The van der Waals surface area contributed by atoms with E-state index in [2.05, 4.69) is 24.1 Å². The molecule has 27 heavy (non-hydrogen) atoms. The molecule has 0 saturated carbocycles. The summed E-state index contributed by atoms with van der Waals surface area (Å²) < 4.78 is 10.0. The summed E-state index contributed by atoms with van der Waals surface area (Å²) in [5.41, 5.74) is 2.21. The molecule has 0 unspecified atom stereocenters. The van der Waals surface area contributed by atoms with Gasteiger partial charge in [-0.15, -0.1) is 5.10 Å². The summed E-state index contributed by atoms with van der Waals surface area (Å²) in [4.78, 5) is 2.18. The summed E-state index contributed by atoms with van der Waals surface area (Å²) in [6.07, 6.45) is 1.65. The van der Waals surface area contributed by atoms with Gasteiger partial charge in [-0.05, 0) is 49.1 Å². The fourth-order valence-electron chi connectivity index (χ4n) is 3.05. The van der Waals surface area contributed by atoms with Crippen LogP contribution < -0.4 is 0 Å². The summed E-state index contributed by atoms with van der Waals surface area (Å²) in [5.74, 6) is 1.39. The van der Waals surface area contributed by atoms with Gasteiger partial charge < -0.3 is 4.42 Å².